The van der Waals surface area contributed by atoms with Gasteiger partial charge in [0.25, 0.3) is 0 Å². The van der Waals surface area contributed by atoms with E-state index in [0.717, 1.165) is 26.4 Å². The van der Waals surface area contributed by atoms with E-state index < -0.39 is 15.8 Å². The van der Waals surface area contributed by atoms with Crippen molar-refractivity contribution in [2.75, 3.05) is 6.54 Å². The molecule has 0 aliphatic carbocycles. The van der Waals surface area contributed by atoms with Crippen molar-refractivity contribution in [1.29, 1.82) is 5.26 Å². The molecule has 2 heterocycles. The Morgan fingerprint density at radius 1 is 1.39 bits per heavy atom. The summed E-state index contributed by atoms with van der Waals surface area (Å²) >= 11 is -0.819. The van der Waals surface area contributed by atoms with Gasteiger partial charge in [0, 0.05) is 0 Å². The van der Waals surface area contributed by atoms with Crippen LogP contribution in [0, 0.1) is 17.1 Å². The predicted molar refractivity (Wildman–Crippen MR) is 88.7 cm³/mol. The molecule has 1 aromatic carbocycles. The fourth-order valence-corrected chi connectivity index (χ4v) is 4.31. The first kappa shape index (κ1) is 15.7. The number of aryl methyl sites for hydroxylation is 1. The Kier molecular flexibility index (Phi) is 4.70. The van der Waals surface area contributed by atoms with Crippen LogP contribution in [-0.4, -0.2) is 36.8 Å². The van der Waals surface area contributed by atoms with E-state index in [2.05, 4.69) is 16.0 Å². The molecule has 1 unspecified atom stereocenters. The molecule has 0 amide bonds. The molecule has 0 saturated carbocycles. The summed E-state index contributed by atoms with van der Waals surface area (Å²) < 4.78 is 16.9. The van der Waals surface area contributed by atoms with Crippen LogP contribution in [0.25, 0.3) is 11.0 Å². The van der Waals surface area contributed by atoms with Crippen molar-refractivity contribution in [2.24, 2.45) is 5.73 Å². The molecular weight excluding hydrogens is 356 g/mol. The van der Waals surface area contributed by atoms with Gasteiger partial charge in [-0.3, -0.25) is 0 Å². The number of nitrogens with zero attached hydrogens (tertiary/aromatic N) is 4. The van der Waals surface area contributed by atoms with Crippen LogP contribution in [0.3, 0.4) is 0 Å². The molecule has 2 aromatic heterocycles. The number of benzene rings is 1. The third-order valence-corrected chi connectivity index (χ3v) is 5.65. The van der Waals surface area contributed by atoms with Gasteiger partial charge in [-0.1, -0.05) is 0 Å². The Labute approximate surface area is 139 Å². The summed E-state index contributed by atoms with van der Waals surface area (Å²) in [4.78, 5) is 8.98. The van der Waals surface area contributed by atoms with Crippen molar-refractivity contribution in [3.63, 3.8) is 0 Å². The Bertz CT molecular complexity index is 884. The number of fused-ring (bicyclic) bond motifs is 1. The molecular formula is C16H15AsFN5. The zero-order valence-corrected chi connectivity index (χ0v) is 14.4. The summed E-state index contributed by atoms with van der Waals surface area (Å²) in [7, 11) is 0. The molecule has 3 aromatic rings. The maximum absolute atomic E-state index is 13.3. The van der Waals surface area contributed by atoms with E-state index in [4.69, 9.17) is 5.73 Å². The molecule has 0 saturated heterocycles. The molecule has 0 aliphatic rings. The van der Waals surface area contributed by atoms with Crippen LogP contribution in [0.5, 0.6) is 0 Å². The number of hydrogen-bond acceptors (Lipinski definition) is 4. The summed E-state index contributed by atoms with van der Waals surface area (Å²) in [6.45, 7) is 1.29. The van der Waals surface area contributed by atoms with Crippen molar-refractivity contribution >= 4 is 35.7 Å². The van der Waals surface area contributed by atoms with Gasteiger partial charge in [-0.2, -0.15) is 0 Å². The van der Waals surface area contributed by atoms with E-state index in [1.54, 1.807) is 18.5 Å². The topological polar surface area (TPSA) is 80.5 Å². The van der Waals surface area contributed by atoms with Gasteiger partial charge in [0.2, 0.25) is 0 Å². The first-order chi connectivity index (χ1) is 11.2. The molecule has 0 aliphatic heterocycles. The van der Waals surface area contributed by atoms with Gasteiger partial charge in [-0.25, -0.2) is 0 Å². The molecule has 0 fully saturated rings. The number of halogens is 1. The monoisotopic (exact) mass is 371 g/mol. The molecule has 1 atom stereocenters. The zero-order valence-electron chi connectivity index (χ0n) is 12.3. The van der Waals surface area contributed by atoms with Crippen molar-refractivity contribution in [2.45, 2.75) is 13.0 Å². The van der Waals surface area contributed by atoms with E-state index in [9.17, 15) is 9.65 Å². The Morgan fingerprint density at radius 3 is 3.00 bits per heavy atom. The average molecular weight is 371 g/mol. The molecule has 0 spiro atoms. The normalized spacial score (nSPS) is 11.3. The summed E-state index contributed by atoms with van der Waals surface area (Å²) in [5.41, 5.74) is 6.88. The van der Waals surface area contributed by atoms with Gasteiger partial charge < -0.3 is 0 Å². The molecule has 0 bridgehead atoms. The second kappa shape index (κ2) is 6.91. The van der Waals surface area contributed by atoms with E-state index in [0.29, 0.717) is 18.7 Å². The van der Waals surface area contributed by atoms with Crippen LogP contribution in [-0.2, 0) is 6.54 Å². The Balaban J connectivity index is 1.98. The number of nitriles is 1. The number of aromatic nitrogens is 3. The van der Waals surface area contributed by atoms with Crippen molar-refractivity contribution in [3.8, 4) is 6.07 Å². The van der Waals surface area contributed by atoms with Crippen LogP contribution in [0.2, 0.25) is 0 Å². The third-order valence-electron chi connectivity index (χ3n) is 3.42. The van der Waals surface area contributed by atoms with Crippen molar-refractivity contribution in [3.05, 3.63) is 48.0 Å². The summed E-state index contributed by atoms with van der Waals surface area (Å²) in [6, 6.07) is 8.72. The maximum atomic E-state index is 13.3. The van der Waals surface area contributed by atoms with E-state index in [1.165, 1.54) is 12.1 Å². The molecule has 7 heteroatoms. The minimum absolute atomic E-state index is 0.245. The summed E-state index contributed by atoms with van der Waals surface area (Å²) in [5.74, 6) is -0.245. The van der Waals surface area contributed by atoms with Gasteiger partial charge >= 0.3 is 139 Å². The zero-order chi connectivity index (χ0) is 16.2. The van der Waals surface area contributed by atoms with Crippen LogP contribution in [0.1, 0.15) is 12.0 Å². The molecule has 5 nitrogen and oxygen atoms in total. The van der Waals surface area contributed by atoms with E-state index in [1.807, 2.05) is 10.6 Å². The van der Waals surface area contributed by atoms with Gasteiger partial charge in [0.1, 0.15) is 0 Å². The average Bonchev–Trinajstić information content (AvgIpc) is 2.90. The van der Waals surface area contributed by atoms with Crippen molar-refractivity contribution in [1.82, 2.24) is 14.5 Å². The van der Waals surface area contributed by atoms with Crippen LogP contribution < -0.4 is 14.7 Å². The molecule has 2 N–H and O–H groups in total. The predicted octanol–water partition coefficient (Wildman–Crippen LogP) is 0.178. The SMILES string of the molecule is N#Cc1cn(CCCN)c2nc([AsH]c3cccc(F)c3)ncc12. The first-order valence-electron chi connectivity index (χ1n) is 7.20. The van der Waals surface area contributed by atoms with Crippen LogP contribution >= 0.6 is 0 Å². The second-order valence-electron chi connectivity index (χ2n) is 5.06. The molecule has 3 rings (SSSR count). The standard InChI is InChI=1S/C16H15AsFN5/c18-13-4-1-3-12(7-13)17-16-21-9-14-11(8-20)10-23(6-2-5-19)15(14)22-16/h1,3-4,7,9-10,17H,2,5-6,19H2. The number of rotatable bonds is 5. The van der Waals surface area contributed by atoms with Gasteiger partial charge in [-0.15, -0.1) is 0 Å². The molecule has 0 radical (unpaired) electrons. The van der Waals surface area contributed by atoms with Crippen LogP contribution in [0.4, 0.5) is 4.39 Å². The second-order valence-corrected chi connectivity index (χ2v) is 7.73. The Hall–Kier alpha value is -2.22. The summed E-state index contributed by atoms with van der Waals surface area (Å²) in [5, 5.41) is 9.98. The van der Waals surface area contributed by atoms with Gasteiger partial charge in [-0.05, 0) is 0 Å². The van der Waals surface area contributed by atoms with Crippen LogP contribution in [0.15, 0.2) is 36.7 Å². The fraction of sp³-hybridized carbons (Fsp3) is 0.188. The van der Waals surface area contributed by atoms with E-state index >= 15 is 0 Å². The minimum atomic E-state index is -0.819. The fourth-order valence-electron chi connectivity index (χ4n) is 2.35. The number of nitrogens with two attached hydrogens (primary N) is 1. The quantitative estimate of drug-likeness (QED) is 0.649. The van der Waals surface area contributed by atoms with Crippen molar-refractivity contribution < 1.29 is 4.39 Å². The van der Waals surface area contributed by atoms with E-state index in [-0.39, 0.29) is 5.82 Å². The van der Waals surface area contributed by atoms with Gasteiger partial charge in [0.15, 0.2) is 0 Å². The molecule has 23 heavy (non-hydrogen) atoms. The molecule has 116 valence electrons. The van der Waals surface area contributed by atoms with Gasteiger partial charge in [0.05, 0.1) is 0 Å². The Morgan fingerprint density at radius 2 is 2.26 bits per heavy atom. The summed E-state index contributed by atoms with van der Waals surface area (Å²) in [6.07, 6.45) is 4.30. The third kappa shape index (κ3) is 3.42. The number of hydrogen-bond donors (Lipinski definition) is 1. The first-order valence-corrected chi connectivity index (χ1v) is 9.29.